The third-order valence-electron chi connectivity index (χ3n) is 4.36. The Kier molecular flexibility index (Phi) is 5.22. The summed E-state index contributed by atoms with van der Waals surface area (Å²) in [6.45, 7) is 6.13. The smallest absolute Gasteiger partial charge is 0.308 e. The van der Waals surface area contributed by atoms with Crippen molar-refractivity contribution in [3.05, 3.63) is 0 Å². The van der Waals surface area contributed by atoms with Crippen LogP contribution in [0.3, 0.4) is 0 Å². The van der Waals surface area contributed by atoms with Gasteiger partial charge in [-0.15, -0.1) is 0 Å². The van der Waals surface area contributed by atoms with E-state index in [0.717, 1.165) is 12.8 Å². The Morgan fingerprint density at radius 2 is 1.89 bits per heavy atom. The molecule has 19 heavy (non-hydrogen) atoms. The Labute approximate surface area is 116 Å². The van der Waals surface area contributed by atoms with Gasteiger partial charge in [0.2, 0.25) is 0 Å². The summed E-state index contributed by atoms with van der Waals surface area (Å²) in [5, 5.41) is 3.73. The highest BCUT2D eigenvalue weighted by Crippen LogP contribution is 2.24. The van der Waals surface area contributed by atoms with Crippen LogP contribution in [0.25, 0.3) is 0 Å². The van der Waals surface area contributed by atoms with Gasteiger partial charge in [-0.05, 0) is 52.2 Å². The third-order valence-corrected chi connectivity index (χ3v) is 4.36. The Hall–Kier alpha value is -0.610. The SMILES string of the molecule is CC(C)C(=O)OC1CCCC1NC1CCN(C)CC1. The summed E-state index contributed by atoms with van der Waals surface area (Å²) in [4.78, 5) is 14.1. The van der Waals surface area contributed by atoms with Gasteiger partial charge in [-0.1, -0.05) is 13.8 Å². The second kappa shape index (κ2) is 6.71. The van der Waals surface area contributed by atoms with Gasteiger partial charge < -0.3 is 15.0 Å². The molecule has 1 saturated carbocycles. The summed E-state index contributed by atoms with van der Waals surface area (Å²) < 4.78 is 5.64. The number of nitrogens with one attached hydrogen (secondary N) is 1. The van der Waals surface area contributed by atoms with E-state index in [4.69, 9.17) is 4.74 Å². The Morgan fingerprint density at radius 3 is 2.53 bits per heavy atom. The molecule has 0 radical (unpaired) electrons. The average molecular weight is 268 g/mol. The van der Waals surface area contributed by atoms with E-state index >= 15 is 0 Å². The highest BCUT2D eigenvalue weighted by atomic mass is 16.5. The zero-order chi connectivity index (χ0) is 13.8. The standard InChI is InChI=1S/C15H28N2O2/c1-11(2)15(18)19-14-6-4-5-13(14)16-12-7-9-17(3)10-8-12/h11-14,16H,4-10H2,1-3H3. The minimum Gasteiger partial charge on any atom is -0.461 e. The summed E-state index contributed by atoms with van der Waals surface area (Å²) >= 11 is 0. The highest BCUT2D eigenvalue weighted by Gasteiger charge is 2.32. The van der Waals surface area contributed by atoms with Crippen molar-refractivity contribution in [3.8, 4) is 0 Å². The van der Waals surface area contributed by atoms with Gasteiger partial charge in [0, 0.05) is 12.1 Å². The normalized spacial score (nSPS) is 29.9. The highest BCUT2D eigenvalue weighted by molar-refractivity contribution is 5.71. The molecule has 2 rings (SSSR count). The molecule has 1 heterocycles. The molecule has 2 fully saturated rings. The van der Waals surface area contributed by atoms with Gasteiger partial charge in [0.1, 0.15) is 6.10 Å². The lowest BCUT2D eigenvalue weighted by Gasteiger charge is -2.33. The van der Waals surface area contributed by atoms with E-state index in [-0.39, 0.29) is 18.0 Å². The molecule has 0 bridgehead atoms. The molecule has 1 aliphatic heterocycles. The molecule has 1 saturated heterocycles. The maximum Gasteiger partial charge on any atom is 0.308 e. The lowest BCUT2D eigenvalue weighted by atomic mass is 10.0. The van der Waals surface area contributed by atoms with Crippen molar-refractivity contribution in [2.75, 3.05) is 20.1 Å². The van der Waals surface area contributed by atoms with Crippen LogP contribution in [0.4, 0.5) is 0 Å². The van der Waals surface area contributed by atoms with Gasteiger partial charge in [-0.2, -0.15) is 0 Å². The van der Waals surface area contributed by atoms with E-state index in [2.05, 4.69) is 17.3 Å². The number of hydrogen-bond donors (Lipinski definition) is 1. The van der Waals surface area contributed by atoms with E-state index in [9.17, 15) is 4.79 Å². The first-order chi connectivity index (χ1) is 9.06. The largest absolute Gasteiger partial charge is 0.461 e. The zero-order valence-electron chi connectivity index (χ0n) is 12.5. The summed E-state index contributed by atoms with van der Waals surface area (Å²) in [5.41, 5.74) is 0. The molecule has 0 amide bonds. The number of ether oxygens (including phenoxy) is 1. The molecule has 1 aliphatic carbocycles. The number of esters is 1. The van der Waals surface area contributed by atoms with E-state index in [0.29, 0.717) is 12.1 Å². The van der Waals surface area contributed by atoms with E-state index in [1.54, 1.807) is 0 Å². The molecule has 4 nitrogen and oxygen atoms in total. The number of rotatable bonds is 4. The van der Waals surface area contributed by atoms with Gasteiger partial charge >= 0.3 is 5.97 Å². The first-order valence-corrected chi connectivity index (χ1v) is 7.71. The third kappa shape index (κ3) is 4.18. The molecule has 0 aromatic heterocycles. The molecule has 110 valence electrons. The van der Waals surface area contributed by atoms with Crippen molar-refractivity contribution >= 4 is 5.97 Å². The molecule has 4 heteroatoms. The van der Waals surface area contributed by atoms with Crippen LogP contribution in [-0.2, 0) is 9.53 Å². The van der Waals surface area contributed by atoms with Crippen LogP contribution in [0.15, 0.2) is 0 Å². The second-order valence-electron chi connectivity index (χ2n) is 6.41. The lowest BCUT2D eigenvalue weighted by molar-refractivity contribution is -0.153. The van der Waals surface area contributed by atoms with Gasteiger partial charge in [0.05, 0.1) is 5.92 Å². The topological polar surface area (TPSA) is 41.6 Å². The van der Waals surface area contributed by atoms with Gasteiger partial charge in [0.15, 0.2) is 0 Å². The monoisotopic (exact) mass is 268 g/mol. The number of likely N-dealkylation sites (tertiary alicyclic amines) is 1. The predicted molar refractivity (Wildman–Crippen MR) is 76.0 cm³/mol. The predicted octanol–water partition coefficient (Wildman–Crippen LogP) is 1.79. The number of nitrogens with zero attached hydrogens (tertiary/aromatic N) is 1. The molecule has 2 unspecified atom stereocenters. The Bertz CT molecular complexity index is 299. The van der Waals surface area contributed by atoms with Crippen LogP contribution in [0, 0.1) is 5.92 Å². The van der Waals surface area contributed by atoms with E-state index < -0.39 is 0 Å². The van der Waals surface area contributed by atoms with Crippen molar-refractivity contribution in [2.45, 2.75) is 64.1 Å². The summed E-state index contributed by atoms with van der Waals surface area (Å²) in [7, 11) is 2.18. The Morgan fingerprint density at radius 1 is 1.21 bits per heavy atom. The van der Waals surface area contributed by atoms with Crippen molar-refractivity contribution in [2.24, 2.45) is 5.92 Å². The van der Waals surface area contributed by atoms with Crippen LogP contribution in [-0.4, -0.2) is 49.2 Å². The van der Waals surface area contributed by atoms with Crippen LogP contribution in [0.1, 0.15) is 46.0 Å². The fourth-order valence-corrected chi connectivity index (χ4v) is 3.02. The number of piperidine rings is 1. The van der Waals surface area contributed by atoms with Crippen LogP contribution in [0.5, 0.6) is 0 Å². The molecular formula is C15H28N2O2. The molecule has 2 aliphatic rings. The number of hydrogen-bond acceptors (Lipinski definition) is 4. The van der Waals surface area contributed by atoms with Crippen LogP contribution < -0.4 is 5.32 Å². The van der Waals surface area contributed by atoms with Crippen molar-refractivity contribution in [1.29, 1.82) is 0 Å². The minimum atomic E-state index is -0.0536. The van der Waals surface area contributed by atoms with Crippen LogP contribution in [0.2, 0.25) is 0 Å². The molecular weight excluding hydrogens is 240 g/mol. The van der Waals surface area contributed by atoms with Crippen molar-refractivity contribution < 1.29 is 9.53 Å². The molecule has 0 aromatic carbocycles. The van der Waals surface area contributed by atoms with E-state index in [1.807, 2.05) is 13.8 Å². The summed E-state index contributed by atoms with van der Waals surface area (Å²) in [5.74, 6) is -0.0772. The number of carbonyl (C=O) groups is 1. The first-order valence-electron chi connectivity index (χ1n) is 7.71. The maximum atomic E-state index is 11.7. The molecule has 1 N–H and O–H groups in total. The molecule has 2 atom stereocenters. The zero-order valence-corrected chi connectivity index (χ0v) is 12.5. The number of carbonyl (C=O) groups excluding carboxylic acids is 1. The quantitative estimate of drug-likeness (QED) is 0.789. The van der Waals surface area contributed by atoms with Crippen molar-refractivity contribution in [1.82, 2.24) is 10.2 Å². The fourth-order valence-electron chi connectivity index (χ4n) is 3.02. The molecule has 0 aromatic rings. The van der Waals surface area contributed by atoms with Crippen LogP contribution >= 0.6 is 0 Å². The average Bonchev–Trinajstić information content (AvgIpc) is 2.79. The summed E-state index contributed by atoms with van der Waals surface area (Å²) in [6, 6.07) is 0.968. The van der Waals surface area contributed by atoms with Gasteiger partial charge in [-0.3, -0.25) is 4.79 Å². The van der Waals surface area contributed by atoms with Crippen molar-refractivity contribution in [3.63, 3.8) is 0 Å². The van der Waals surface area contributed by atoms with E-state index in [1.165, 1.54) is 32.4 Å². The summed E-state index contributed by atoms with van der Waals surface area (Å²) in [6.07, 6.45) is 5.83. The minimum absolute atomic E-state index is 0.0235. The van der Waals surface area contributed by atoms with Gasteiger partial charge in [0.25, 0.3) is 0 Å². The van der Waals surface area contributed by atoms with Gasteiger partial charge in [-0.25, -0.2) is 0 Å². The maximum absolute atomic E-state index is 11.7. The molecule has 0 spiro atoms. The first kappa shape index (κ1) is 14.8. The Balaban J connectivity index is 1.80. The fraction of sp³-hybridized carbons (Fsp3) is 0.933. The lowest BCUT2D eigenvalue weighted by Crippen LogP contribution is -2.48. The second-order valence-corrected chi connectivity index (χ2v) is 6.41.